The predicted molar refractivity (Wildman–Crippen MR) is 126 cm³/mol. The summed E-state index contributed by atoms with van der Waals surface area (Å²) in [5.74, 6) is 0.0282. The number of benzene rings is 2. The highest BCUT2D eigenvalue weighted by Gasteiger charge is 2.24. The van der Waals surface area contributed by atoms with Crippen LogP contribution in [0.3, 0.4) is 0 Å². The lowest BCUT2D eigenvalue weighted by Gasteiger charge is -2.21. The van der Waals surface area contributed by atoms with Gasteiger partial charge in [0.05, 0.1) is 11.6 Å². The highest BCUT2D eigenvalue weighted by Crippen LogP contribution is 2.35. The summed E-state index contributed by atoms with van der Waals surface area (Å²) in [4.78, 5) is 19.8. The number of ketones is 1. The third-order valence-electron chi connectivity index (χ3n) is 5.31. The van der Waals surface area contributed by atoms with Crippen LogP contribution in [0, 0.1) is 24.3 Å². The van der Waals surface area contributed by atoms with E-state index in [1.54, 1.807) is 0 Å². The van der Waals surface area contributed by atoms with Gasteiger partial charge in [-0.1, -0.05) is 29.8 Å². The van der Waals surface area contributed by atoms with Gasteiger partial charge in [-0.3, -0.25) is 4.79 Å². The van der Waals surface area contributed by atoms with Gasteiger partial charge in [0.2, 0.25) is 5.78 Å². The molecule has 4 rings (SSSR count). The van der Waals surface area contributed by atoms with E-state index >= 15 is 0 Å². The first-order chi connectivity index (χ1) is 13.9. The quantitative estimate of drug-likeness (QED) is 0.249. The van der Waals surface area contributed by atoms with E-state index in [9.17, 15) is 4.79 Å². The number of aromatic nitrogens is 2. The van der Waals surface area contributed by atoms with Gasteiger partial charge >= 0.3 is 0 Å². The molecule has 2 heterocycles. The average molecular weight is 494 g/mol. The molecular weight excluding hydrogens is 471 g/mol. The van der Waals surface area contributed by atoms with Crippen LogP contribution in [0.15, 0.2) is 66.9 Å². The van der Waals surface area contributed by atoms with Crippen LogP contribution >= 0.6 is 22.6 Å². The van der Waals surface area contributed by atoms with E-state index in [1.807, 2.05) is 48.7 Å². The SMILES string of the molecule is Cc1cc(C)c(C(c2ccc[nH]2)c2ccc(C(=O)c3cccc(I)c3)[nH]2)c(C)c1. The van der Waals surface area contributed by atoms with Crippen molar-refractivity contribution in [3.05, 3.63) is 115 Å². The number of carbonyl (C=O) groups excluding carboxylic acids is 1. The average Bonchev–Trinajstić information content (AvgIpc) is 3.36. The zero-order valence-corrected chi connectivity index (χ0v) is 18.9. The van der Waals surface area contributed by atoms with Crippen molar-refractivity contribution in [1.29, 1.82) is 0 Å². The zero-order valence-electron chi connectivity index (χ0n) is 16.7. The Morgan fingerprint density at radius 3 is 2.31 bits per heavy atom. The van der Waals surface area contributed by atoms with E-state index in [2.05, 4.69) is 71.5 Å². The molecule has 0 fully saturated rings. The van der Waals surface area contributed by atoms with Gasteiger partial charge in [0.1, 0.15) is 0 Å². The normalized spacial score (nSPS) is 12.1. The van der Waals surface area contributed by atoms with Crippen molar-refractivity contribution in [2.45, 2.75) is 26.7 Å². The lowest BCUT2D eigenvalue weighted by Crippen LogP contribution is -2.10. The molecule has 0 aliphatic heterocycles. The first-order valence-corrected chi connectivity index (χ1v) is 10.7. The second-order valence-corrected chi connectivity index (χ2v) is 8.78. The summed E-state index contributed by atoms with van der Waals surface area (Å²) in [5, 5.41) is 0. The molecule has 0 amide bonds. The van der Waals surface area contributed by atoms with Crippen LogP contribution < -0.4 is 0 Å². The van der Waals surface area contributed by atoms with Crippen molar-refractivity contribution in [2.24, 2.45) is 0 Å². The van der Waals surface area contributed by atoms with Crippen LogP contribution in [-0.2, 0) is 0 Å². The van der Waals surface area contributed by atoms with Crippen molar-refractivity contribution in [1.82, 2.24) is 9.97 Å². The number of carbonyl (C=O) groups is 1. The standard InChI is InChI=1S/C25H23IN2O/c1-15-12-16(2)23(17(3)13-15)24(20-8-5-11-27-20)21-9-10-22(28-21)25(29)18-6-4-7-19(26)14-18/h4-14,24,27-28H,1-3H3. The Hall–Kier alpha value is -2.60. The van der Waals surface area contributed by atoms with Crippen LogP contribution in [0.25, 0.3) is 0 Å². The van der Waals surface area contributed by atoms with Crippen LogP contribution in [-0.4, -0.2) is 15.8 Å². The number of nitrogens with one attached hydrogen (secondary N) is 2. The van der Waals surface area contributed by atoms with Crippen molar-refractivity contribution in [2.75, 3.05) is 0 Å². The largest absolute Gasteiger partial charge is 0.364 e. The van der Waals surface area contributed by atoms with E-state index < -0.39 is 0 Å². The molecule has 0 spiro atoms. The lowest BCUT2D eigenvalue weighted by molar-refractivity contribution is 0.103. The van der Waals surface area contributed by atoms with E-state index in [4.69, 9.17) is 0 Å². The number of halogens is 1. The molecular formula is C25H23IN2O. The minimum Gasteiger partial charge on any atom is -0.364 e. The Morgan fingerprint density at radius 1 is 0.897 bits per heavy atom. The van der Waals surface area contributed by atoms with Crippen molar-refractivity contribution in [3.63, 3.8) is 0 Å². The molecule has 146 valence electrons. The summed E-state index contributed by atoms with van der Waals surface area (Å²) in [6.45, 7) is 6.44. The maximum Gasteiger partial charge on any atom is 0.209 e. The summed E-state index contributed by atoms with van der Waals surface area (Å²) in [7, 11) is 0. The number of hydrogen-bond donors (Lipinski definition) is 2. The van der Waals surface area contributed by atoms with Gasteiger partial charge in [-0.2, -0.15) is 0 Å². The number of hydrogen-bond acceptors (Lipinski definition) is 1. The fourth-order valence-electron chi connectivity index (χ4n) is 4.15. The molecule has 4 heteroatoms. The van der Waals surface area contributed by atoms with Crippen molar-refractivity contribution < 1.29 is 4.79 Å². The molecule has 29 heavy (non-hydrogen) atoms. The van der Waals surface area contributed by atoms with Crippen LogP contribution in [0.1, 0.15) is 55.6 Å². The van der Waals surface area contributed by atoms with E-state index in [0.29, 0.717) is 11.3 Å². The molecule has 0 saturated heterocycles. The summed E-state index contributed by atoms with van der Waals surface area (Å²) >= 11 is 2.23. The van der Waals surface area contributed by atoms with Crippen molar-refractivity contribution in [3.8, 4) is 0 Å². The molecule has 2 N–H and O–H groups in total. The van der Waals surface area contributed by atoms with Gasteiger partial charge in [0.25, 0.3) is 0 Å². The van der Waals surface area contributed by atoms with Crippen LogP contribution in [0.4, 0.5) is 0 Å². The van der Waals surface area contributed by atoms with Gasteiger partial charge in [0.15, 0.2) is 0 Å². The molecule has 0 bridgehead atoms. The first-order valence-electron chi connectivity index (χ1n) is 9.64. The highest BCUT2D eigenvalue weighted by molar-refractivity contribution is 14.1. The zero-order chi connectivity index (χ0) is 20.5. The molecule has 4 aromatic rings. The molecule has 1 unspecified atom stereocenters. The highest BCUT2D eigenvalue weighted by atomic mass is 127. The molecule has 0 aliphatic carbocycles. The molecule has 3 nitrogen and oxygen atoms in total. The summed E-state index contributed by atoms with van der Waals surface area (Å²) in [6, 6.07) is 20.2. The number of rotatable bonds is 5. The Labute approximate surface area is 184 Å². The van der Waals surface area contributed by atoms with E-state index in [1.165, 1.54) is 22.3 Å². The van der Waals surface area contributed by atoms with Gasteiger partial charge in [-0.15, -0.1) is 0 Å². The Balaban J connectivity index is 1.79. The molecule has 2 aromatic carbocycles. The molecule has 2 aromatic heterocycles. The van der Waals surface area contributed by atoms with E-state index in [-0.39, 0.29) is 11.7 Å². The summed E-state index contributed by atoms with van der Waals surface area (Å²) in [6.07, 6.45) is 1.95. The molecule has 1 atom stereocenters. The van der Waals surface area contributed by atoms with E-state index in [0.717, 1.165) is 15.0 Å². The fourth-order valence-corrected chi connectivity index (χ4v) is 4.69. The second-order valence-electron chi connectivity index (χ2n) is 7.54. The van der Waals surface area contributed by atoms with Crippen LogP contribution in [0.2, 0.25) is 0 Å². The Bertz CT molecular complexity index is 1150. The van der Waals surface area contributed by atoms with Gasteiger partial charge in [0, 0.05) is 26.7 Å². The maximum atomic E-state index is 13.0. The minimum absolute atomic E-state index is 0.0114. The van der Waals surface area contributed by atoms with Crippen molar-refractivity contribution >= 4 is 28.4 Å². The summed E-state index contributed by atoms with van der Waals surface area (Å²) < 4.78 is 1.05. The second kappa shape index (κ2) is 8.03. The van der Waals surface area contributed by atoms with Crippen LogP contribution in [0.5, 0.6) is 0 Å². The number of aryl methyl sites for hydroxylation is 3. The predicted octanol–water partition coefficient (Wildman–Crippen LogP) is 6.28. The topological polar surface area (TPSA) is 48.6 Å². The molecule has 0 aliphatic rings. The number of H-pyrrole nitrogens is 2. The Kier molecular flexibility index (Phi) is 5.46. The fraction of sp³-hybridized carbons (Fsp3) is 0.160. The first kappa shape index (κ1) is 19.7. The minimum atomic E-state index is 0.0114. The maximum absolute atomic E-state index is 13.0. The molecule has 0 saturated carbocycles. The lowest BCUT2D eigenvalue weighted by atomic mass is 9.85. The Morgan fingerprint density at radius 2 is 1.66 bits per heavy atom. The van der Waals surface area contributed by atoms with Gasteiger partial charge in [-0.25, -0.2) is 0 Å². The third-order valence-corrected chi connectivity index (χ3v) is 5.98. The third kappa shape index (κ3) is 3.94. The smallest absolute Gasteiger partial charge is 0.209 e. The molecule has 0 radical (unpaired) electrons. The monoisotopic (exact) mass is 494 g/mol. The van der Waals surface area contributed by atoms with Gasteiger partial charge < -0.3 is 9.97 Å². The number of aromatic amines is 2. The van der Waals surface area contributed by atoms with Gasteiger partial charge in [-0.05, 0) is 96.5 Å². The summed E-state index contributed by atoms with van der Waals surface area (Å²) in [5.41, 5.74) is 8.46.